The quantitative estimate of drug-likeness (QED) is 0.447. The monoisotopic (exact) mass is 476 g/mol. The van der Waals surface area contributed by atoms with Crippen LogP contribution < -0.4 is 10.9 Å². The van der Waals surface area contributed by atoms with Crippen molar-refractivity contribution in [3.63, 3.8) is 0 Å². The molecule has 0 spiro atoms. The lowest BCUT2D eigenvalue weighted by Gasteiger charge is -2.15. The zero-order chi connectivity index (χ0) is 24.2. The van der Waals surface area contributed by atoms with Gasteiger partial charge in [0.05, 0.1) is 16.7 Å². The fourth-order valence-corrected chi connectivity index (χ4v) is 4.38. The number of hydrogen-bond donors (Lipinski definition) is 1. The van der Waals surface area contributed by atoms with Crippen LogP contribution in [-0.2, 0) is 7.05 Å². The van der Waals surface area contributed by atoms with Gasteiger partial charge in [-0.05, 0) is 74.2 Å². The van der Waals surface area contributed by atoms with Crippen molar-refractivity contribution in [3.8, 4) is 22.4 Å². The molecule has 172 valence electrons. The third-order valence-corrected chi connectivity index (χ3v) is 6.73. The third-order valence-electron chi connectivity index (χ3n) is 6.41. The molecular weight excluding hydrogens is 455 g/mol. The molecule has 4 aromatic rings. The molecule has 2 heterocycles. The molecule has 0 bridgehead atoms. The lowest BCUT2D eigenvalue weighted by Crippen LogP contribution is -2.34. The predicted octanol–water partition coefficient (Wildman–Crippen LogP) is 5.05. The standard InChI is InChI=1S/C26H22ClFN4O2/c1-14-4-5-15(24(33)30-26(2)8-9-26)10-19(14)20-11-16-13-29-31-22(23(16)32(3)25(20)34)18-7-6-17(28)12-21(18)27/h4-7,10-13H,8-9H2,1-3H3,(H,30,33). The molecule has 1 amide bonds. The zero-order valence-electron chi connectivity index (χ0n) is 18.9. The molecule has 1 fully saturated rings. The maximum atomic E-state index is 13.6. The molecule has 8 heteroatoms. The summed E-state index contributed by atoms with van der Waals surface area (Å²) in [7, 11) is 1.65. The first-order valence-corrected chi connectivity index (χ1v) is 11.3. The number of benzene rings is 2. The van der Waals surface area contributed by atoms with Crippen LogP contribution >= 0.6 is 11.6 Å². The van der Waals surface area contributed by atoms with Gasteiger partial charge >= 0.3 is 0 Å². The largest absolute Gasteiger partial charge is 0.347 e. The fourth-order valence-electron chi connectivity index (χ4n) is 4.12. The SMILES string of the molecule is Cc1ccc(C(=O)NC2(C)CC2)cc1-c1cc2cnnc(-c3ccc(F)cc3Cl)c2n(C)c1=O. The van der Waals surface area contributed by atoms with E-state index in [1.807, 2.05) is 19.9 Å². The maximum absolute atomic E-state index is 13.6. The molecule has 0 unspecified atom stereocenters. The molecule has 2 aromatic carbocycles. The first kappa shape index (κ1) is 22.2. The Bertz CT molecular complexity index is 1540. The minimum Gasteiger partial charge on any atom is -0.347 e. The molecular formula is C26H22ClFN4O2. The summed E-state index contributed by atoms with van der Waals surface area (Å²) in [4.78, 5) is 26.3. The number of halogens is 2. The second kappa shape index (κ2) is 8.02. The normalized spacial score (nSPS) is 14.3. The molecule has 0 atom stereocenters. The summed E-state index contributed by atoms with van der Waals surface area (Å²) >= 11 is 6.27. The number of aryl methyl sites for hydroxylation is 2. The Balaban J connectivity index is 1.67. The Kier molecular flexibility index (Phi) is 5.24. The van der Waals surface area contributed by atoms with Crippen LogP contribution in [0, 0.1) is 12.7 Å². The van der Waals surface area contributed by atoms with Crippen molar-refractivity contribution in [2.45, 2.75) is 32.2 Å². The highest BCUT2D eigenvalue weighted by Gasteiger charge is 2.38. The van der Waals surface area contributed by atoms with Gasteiger partial charge in [-0.25, -0.2) is 4.39 Å². The second-order valence-electron chi connectivity index (χ2n) is 9.09. The van der Waals surface area contributed by atoms with Crippen LogP contribution in [0.1, 0.15) is 35.7 Å². The van der Waals surface area contributed by atoms with Gasteiger partial charge in [0, 0.05) is 34.7 Å². The van der Waals surface area contributed by atoms with E-state index in [-0.39, 0.29) is 22.0 Å². The van der Waals surface area contributed by atoms with Gasteiger partial charge in [-0.15, -0.1) is 5.10 Å². The van der Waals surface area contributed by atoms with Crippen LogP contribution in [0.5, 0.6) is 0 Å². The highest BCUT2D eigenvalue weighted by molar-refractivity contribution is 6.33. The van der Waals surface area contributed by atoms with Crippen molar-refractivity contribution in [2.24, 2.45) is 7.05 Å². The number of nitrogens with zero attached hydrogens (tertiary/aromatic N) is 3. The van der Waals surface area contributed by atoms with Crippen molar-refractivity contribution in [3.05, 3.63) is 81.0 Å². The van der Waals surface area contributed by atoms with Gasteiger partial charge in [0.1, 0.15) is 11.5 Å². The summed E-state index contributed by atoms with van der Waals surface area (Å²) in [6, 6.07) is 11.1. The van der Waals surface area contributed by atoms with Crippen LogP contribution in [0.25, 0.3) is 33.3 Å². The number of hydrogen-bond acceptors (Lipinski definition) is 4. The Hall–Kier alpha value is -3.58. The van der Waals surface area contributed by atoms with Crippen LogP contribution in [0.2, 0.25) is 5.02 Å². The highest BCUT2D eigenvalue weighted by Crippen LogP contribution is 2.35. The summed E-state index contributed by atoms with van der Waals surface area (Å²) in [6.45, 7) is 3.92. The van der Waals surface area contributed by atoms with E-state index in [4.69, 9.17) is 11.6 Å². The van der Waals surface area contributed by atoms with Gasteiger partial charge in [-0.1, -0.05) is 17.7 Å². The molecule has 0 radical (unpaired) electrons. The molecule has 6 nitrogen and oxygen atoms in total. The first-order valence-electron chi connectivity index (χ1n) is 10.9. The van der Waals surface area contributed by atoms with Crippen LogP contribution in [-0.4, -0.2) is 26.2 Å². The smallest absolute Gasteiger partial charge is 0.258 e. The van der Waals surface area contributed by atoms with Gasteiger partial charge in [-0.2, -0.15) is 5.10 Å². The van der Waals surface area contributed by atoms with E-state index >= 15 is 0 Å². The maximum Gasteiger partial charge on any atom is 0.258 e. The van der Waals surface area contributed by atoms with Gasteiger partial charge in [0.2, 0.25) is 0 Å². The number of rotatable bonds is 4. The van der Waals surface area contributed by atoms with E-state index in [2.05, 4.69) is 15.5 Å². The average Bonchev–Trinajstić information content (AvgIpc) is 3.52. The Morgan fingerprint density at radius 1 is 1.12 bits per heavy atom. The lowest BCUT2D eigenvalue weighted by atomic mass is 9.97. The number of nitrogens with one attached hydrogen (secondary N) is 1. The summed E-state index contributed by atoms with van der Waals surface area (Å²) in [5.74, 6) is -0.619. The number of carbonyl (C=O) groups excluding carboxylic acids is 1. The summed E-state index contributed by atoms with van der Waals surface area (Å²) in [5, 5.41) is 12.2. The molecule has 1 N–H and O–H groups in total. The number of amides is 1. The Morgan fingerprint density at radius 3 is 2.59 bits per heavy atom. The molecule has 0 aliphatic heterocycles. The van der Waals surface area contributed by atoms with Gasteiger partial charge in [0.25, 0.3) is 11.5 Å². The average molecular weight is 477 g/mol. The van der Waals surface area contributed by atoms with E-state index < -0.39 is 5.82 Å². The lowest BCUT2D eigenvalue weighted by molar-refractivity contribution is 0.0935. The second-order valence-corrected chi connectivity index (χ2v) is 9.50. The molecule has 5 rings (SSSR count). The van der Waals surface area contributed by atoms with Crippen molar-refractivity contribution in [1.82, 2.24) is 20.1 Å². The van der Waals surface area contributed by atoms with E-state index in [0.29, 0.717) is 38.9 Å². The summed E-state index contributed by atoms with van der Waals surface area (Å²) in [6.07, 6.45) is 3.49. The molecule has 1 saturated carbocycles. The van der Waals surface area contributed by atoms with Gasteiger partial charge in [-0.3, -0.25) is 9.59 Å². The van der Waals surface area contributed by atoms with Crippen LogP contribution in [0.3, 0.4) is 0 Å². The molecule has 1 aliphatic rings. The number of carbonyl (C=O) groups is 1. The van der Waals surface area contributed by atoms with E-state index in [1.54, 1.807) is 31.4 Å². The molecule has 34 heavy (non-hydrogen) atoms. The Labute approximate surface area is 200 Å². The molecule has 2 aromatic heterocycles. The van der Waals surface area contributed by atoms with E-state index in [1.165, 1.54) is 22.8 Å². The van der Waals surface area contributed by atoms with Crippen LogP contribution in [0.4, 0.5) is 4.39 Å². The van der Waals surface area contributed by atoms with Crippen LogP contribution in [0.15, 0.2) is 53.5 Å². The van der Waals surface area contributed by atoms with Gasteiger partial charge < -0.3 is 9.88 Å². The number of fused-ring (bicyclic) bond motifs is 1. The zero-order valence-corrected chi connectivity index (χ0v) is 19.7. The first-order chi connectivity index (χ1) is 16.2. The van der Waals surface area contributed by atoms with E-state index in [0.717, 1.165) is 18.4 Å². The highest BCUT2D eigenvalue weighted by atomic mass is 35.5. The number of pyridine rings is 1. The Morgan fingerprint density at radius 2 is 1.88 bits per heavy atom. The molecule has 0 saturated heterocycles. The van der Waals surface area contributed by atoms with Crippen molar-refractivity contribution in [1.29, 1.82) is 0 Å². The number of aromatic nitrogens is 3. The summed E-state index contributed by atoms with van der Waals surface area (Å²) in [5.41, 5.74) is 3.50. The predicted molar refractivity (Wildman–Crippen MR) is 130 cm³/mol. The minimum absolute atomic E-state index is 0.141. The fraction of sp³-hybridized carbons (Fsp3) is 0.231. The molecule has 1 aliphatic carbocycles. The van der Waals surface area contributed by atoms with Crippen molar-refractivity contribution >= 4 is 28.4 Å². The van der Waals surface area contributed by atoms with E-state index in [9.17, 15) is 14.0 Å². The topological polar surface area (TPSA) is 76.9 Å². The van der Waals surface area contributed by atoms with Crippen molar-refractivity contribution < 1.29 is 9.18 Å². The van der Waals surface area contributed by atoms with Crippen molar-refractivity contribution in [2.75, 3.05) is 0 Å². The third kappa shape index (κ3) is 3.86. The minimum atomic E-state index is -0.465. The van der Waals surface area contributed by atoms with Gasteiger partial charge in [0.15, 0.2) is 0 Å². The summed E-state index contributed by atoms with van der Waals surface area (Å²) < 4.78 is 15.1.